The molecule has 0 aliphatic rings. The summed E-state index contributed by atoms with van der Waals surface area (Å²) in [5, 5.41) is 2.96. The van der Waals surface area contributed by atoms with Gasteiger partial charge in [-0.25, -0.2) is 8.42 Å². The smallest absolute Gasteiger partial charge is 0.257 e. The molecule has 2 aromatic rings. The Morgan fingerprint density at radius 2 is 1.78 bits per heavy atom. The molecule has 0 aliphatic heterocycles. The van der Waals surface area contributed by atoms with Gasteiger partial charge in [0, 0.05) is 17.2 Å². The van der Waals surface area contributed by atoms with Crippen LogP contribution >= 0.6 is 27.5 Å². The Kier molecular flexibility index (Phi) is 5.33. The van der Waals surface area contributed by atoms with E-state index in [1.807, 2.05) is 0 Å². The summed E-state index contributed by atoms with van der Waals surface area (Å²) < 4.78 is 25.2. The number of sulfonamides is 1. The van der Waals surface area contributed by atoms with Crippen LogP contribution < -0.4 is 9.62 Å². The molecule has 122 valence electrons. The van der Waals surface area contributed by atoms with Gasteiger partial charge in [0.1, 0.15) is 0 Å². The van der Waals surface area contributed by atoms with Gasteiger partial charge in [0.2, 0.25) is 10.0 Å². The van der Waals surface area contributed by atoms with Crippen LogP contribution in [0.25, 0.3) is 0 Å². The van der Waals surface area contributed by atoms with E-state index in [0.717, 1.165) is 15.0 Å². The first kappa shape index (κ1) is 17.8. The Bertz CT molecular complexity index is 838. The van der Waals surface area contributed by atoms with Gasteiger partial charge >= 0.3 is 0 Å². The first-order chi connectivity index (χ1) is 10.7. The maximum atomic E-state index is 12.4. The minimum atomic E-state index is -3.42. The van der Waals surface area contributed by atoms with Crippen molar-refractivity contribution in [2.75, 3.05) is 22.9 Å². The molecule has 1 N–H and O–H groups in total. The molecule has 0 aromatic heterocycles. The lowest BCUT2D eigenvalue weighted by Crippen LogP contribution is -2.25. The number of halogens is 2. The minimum absolute atomic E-state index is 0.197. The third-order valence-electron chi connectivity index (χ3n) is 3.16. The molecule has 0 aliphatic carbocycles. The predicted octanol–water partition coefficient (Wildman–Crippen LogP) is 3.75. The van der Waals surface area contributed by atoms with Crippen LogP contribution in [-0.2, 0) is 10.0 Å². The molecular formula is C15H14BrClN2O3S. The second-order valence-corrected chi connectivity index (χ2v) is 8.19. The monoisotopic (exact) mass is 416 g/mol. The van der Waals surface area contributed by atoms with Crippen LogP contribution in [0.2, 0.25) is 5.02 Å². The molecule has 0 saturated heterocycles. The highest BCUT2D eigenvalue weighted by Gasteiger charge is 2.17. The van der Waals surface area contributed by atoms with Gasteiger partial charge in [-0.3, -0.25) is 9.10 Å². The number of rotatable bonds is 4. The topological polar surface area (TPSA) is 66.5 Å². The van der Waals surface area contributed by atoms with Crippen LogP contribution in [0.15, 0.2) is 46.9 Å². The molecule has 8 heteroatoms. The lowest BCUT2D eigenvalue weighted by molar-refractivity contribution is 0.102. The fourth-order valence-electron chi connectivity index (χ4n) is 1.81. The van der Waals surface area contributed by atoms with Crippen LogP contribution in [-0.4, -0.2) is 27.6 Å². The standard InChI is InChI=1S/C15H14BrClN2O3S/c1-19(23(2,21)22)12-7-8-14(17)13(9-12)15(20)18-11-5-3-10(16)4-6-11/h3-9H,1-2H3,(H,18,20). The second-order valence-electron chi connectivity index (χ2n) is 4.86. The van der Waals surface area contributed by atoms with E-state index in [0.29, 0.717) is 11.4 Å². The number of benzene rings is 2. The lowest BCUT2D eigenvalue weighted by atomic mass is 10.1. The van der Waals surface area contributed by atoms with E-state index in [1.54, 1.807) is 30.3 Å². The highest BCUT2D eigenvalue weighted by atomic mass is 79.9. The van der Waals surface area contributed by atoms with Crippen LogP contribution in [0.3, 0.4) is 0 Å². The average Bonchev–Trinajstić information content (AvgIpc) is 2.48. The molecule has 0 saturated carbocycles. The first-order valence-electron chi connectivity index (χ1n) is 6.49. The number of hydrogen-bond donors (Lipinski definition) is 1. The molecule has 5 nitrogen and oxygen atoms in total. The van der Waals surface area contributed by atoms with Crippen molar-refractivity contribution in [2.45, 2.75) is 0 Å². The fourth-order valence-corrected chi connectivity index (χ4v) is 2.77. The highest BCUT2D eigenvalue weighted by molar-refractivity contribution is 9.10. The summed E-state index contributed by atoms with van der Waals surface area (Å²) in [6.07, 6.45) is 1.09. The number of nitrogens with zero attached hydrogens (tertiary/aromatic N) is 1. The minimum Gasteiger partial charge on any atom is -0.322 e. The summed E-state index contributed by atoms with van der Waals surface area (Å²) in [5.41, 5.74) is 1.16. The van der Waals surface area contributed by atoms with Crippen molar-refractivity contribution in [2.24, 2.45) is 0 Å². The quantitative estimate of drug-likeness (QED) is 0.824. The van der Waals surface area contributed by atoms with Crippen molar-refractivity contribution in [3.63, 3.8) is 0 Å². The van der Waals surface area contributed by atoms with Gasteiger partial charge < -0.3 is 5.32 Å². The van der Waals surface area contributed by atoms with Crippen LogP contribution in [0, 0.1) is 0 Å². The van der Waals surface area contributed by atoms with Gasteiger partial charge in [0.05, 0.1) is 22.5 Å². The van der Waals surface area contributed by atoms with E-state index >= 15 is 0 Å². The van der Waals surface area contributed by atoms with Gasteiger partial charge in [-0.15, -0.1) is 0 Å². The zero-order valence-electron chi connectivity index (χ0n) is 12.4. The maximum Gasteiger partial charge on any atom is 0.257 e. The molecule has 0 radical (unpaired) electrons. The summed E-state index contributed by atoms with van der Waals surface area (Å²) in [6.45, 7) is 0. The SMILES string of the molecule is CN(c1ccc(Cl)c(C(=O)Nc2ccc(Br)cc2)c1)S(C)(=O)=O. The Balaban J connectivity index is 2.31. The van der Waals surface area contributed by atoms with Gasteiger partial charge in [-0.1, -0.05) is 27.5 Å². The Labute approximate surface area is 148 Å². The molecule has 0 heterocycles. The van der Waals surface area contributed by atoms with Crippen molar-refractivity contribution < 1.29 is 13.2 Å². The molecule has 0 fully saturated rings. The number of anilines is 2. The van der Waals surface area contributed by atoms with E-state index in [4.69, 9.17) is 11.6 Å². The molecule has 0 spiro atoms. The largest absolute Gasteiger partial charge is 0.322 e. The lowest BCUT2D eigenvalue weighted by Gasteiger charge is -2.18. The summed E-state index contributed by atoms with van der Waals surface area (Å²) in [6, 6.07) is 11.5. The van der Waals surface area contributed by atoms with Gasteiger partial charge in [0.25, 0.3) is 5.91 Å². The van der Waals surface area contributed by atoms with Crippen LogP contribution in [0.1, 0.15) is 10.4 Å². The Hall–Kier alpha value is -1.57. The molecule has 2 rings (SSSR count). The number of hydrogen-bond acceptors (Lipinski definition) is 3. The predicted molar refractivity (Wildman–Crippen MR) is 96.8 cm³/mol. The zero-order chi connectivity index (χ0) is 17.2. The first-order valence-corrected chi connectivity index (χ1v) is 9.51. The van der Waals surface area contributed by atoms with E-state index in [2.05, 4.69) is 21.2 Å². The van der Waals surface area contributed by atoms with E-state index < -0.39 is 15.9 Å². The van der Waals surface area contributed by atoms with Crippen molar-refractivity contribution in [1.82, 2.24) is 0 Å². The van der Waals surface area contributed by atoms with Crippen molar-refractivity contribution in [3.8, 4) is 0 Å². The van der Waals surface area contributed by atoms with Crippen molar-refractivity contribution >= 4 is 54.8 Å². The number of carbonyl (C=O) groups is 1. The molecule has 2 aromatic carbocycles. The molecule has 0 atom stereocenters. The number of carbonyl (C=O) groups excluding carboxylic acids is 1. The summed E-state index contributed by atoms with van der Waals surface area (Å²) in [4.78, 5) is 12.4. The highest BCUT2D eigenvalue weighted by Crippen LogP contribution is 2.25. The third-order valence-corrected chi connectivity index (χ3v) is 5.22. The van der Waals surface area contributed by atoms with Gasteiger partial charge in [-0.05, 0) is 42.5 Å². The Morgan fingerprint density at radius 1 is 1.17 bits per heavy atom. The molecule has 1 amide bonds. The van der Waals surface area contributed by atoms with Crippen molar-refractivity contribution in [1.29, 1.82) is 0 Å². The summed E-state index contributed by atoms with van der Waals surface area (Å²) in [7, 11) is -2.01. The summed E-state index contributed by atoms with van der Waals surface area (Å²) >= 11 is 9.38. The normalized spacial score (nSPS) is 11.1. The van der Waals surface area contributed by atoms with Crippen LogP contribution in [0.4, 0.5) is 11.4 Å². The van der Waals surface area contributed by atoms with Gasteiger partial charge in [0.15, 0.2) is 0 Å². The third kappa shape index (κ3) is 4.46. The number of amides is 1. The fraction of sp³-hybridized carbons (Fsp3) is 0.133. The molecule has 23 heavy (non-hydrogen) atoms. The Morgan fingerprint density at radius 3 is 2.35 bits per heavy atom. The number of nitrogens with one attached hydrogen (secondary N) is 1. The van der Waals surface area contributed by atoms with E-state index in [9.17, 15) is 13.2 Å². The zero-order valence-corrected chi connectivity index (χ0v) is 15.5. The van der Waals surface area contributed by atoms with Crippen molar-refractivity contribution in [3.05, 3.63) is 57.5 Å². The van der Waals surface area contributed by atoms with E-state index in [1.165, 1.54) is 19.2 Å². The van der Waals surface area contributed by atoms with Crippen LogP contribution in [0.5, 0.6) is 0 Å². The molecule has 0 unspecified atom stereocenters. The molecular weight excluding hydrogens is 404 g/mol. The maximum absolute atomic E-state index is 12.4. The van der Waals surface area contributed by atoms with E-state index in [-0.39, 0.29) is 10.6 Å². The second kappa shape index (κ2) is 6.90. The molecule has 0 bridgehead atoms. The van der Waals surface area contributed by atoms with Gasteiger partial charge in [-0.2, -0.15) is 0 Å². The average molecular weight is 418 g/mol. The summed E-state index contributed by atoms with van der Waals surface area (Å²) in [5.74, 6) is -0.416.